The monoisotopic (exact) mass is 420 g/mol. The largest absolute Gasteiger partial charge is 0.364 e. The number of sulfonamides is 2. The fourth-order valence-corrected chi connectivity index (χ4v) is 6.28. The summed E-state index contributed by atoms with van der Waals surface area (Å²) < 4.78 is 79.9. The molecule has 3 rings (SSSR count). The van der Waals surface area contributed by atoms with Gasteiger partial charge >= 0.3 is 0 Å². The van der Waals surface area contributed by atoms with Crippen LogP contribution in [0.15, 0.2) is 0 Å². The number of sulfone groups is 1. The van der Waals surface area contributed by atoms with E-state index in [1.165, 1.54) is 0 Å². The maximum absolute atomic E-state index is 11.7. The second kappa shape index (κ2) is 8.59. The summed E-state index contributed by atoms with van der Waals surface area (Å²) in [6.45, 7) is -0.197. The average Bonchev–Trinajstić information content (AvgIpc) is 2.51. The van der Waals surface area contributed by atoms with Crippen molar-refractivity contribution in [1.29, 1.82) is 0 Å². The lowest BCUT2D eigenvalue weighted by Crippen LogP contribution is -2.51. The molecule has 0 atom stereocenters. The molecular weight excluding hydrogens is 396 g/mol. The molecule has 0 amide bonds. The first-order valence-electron chi connectivity index (χ1n) is 7.94. The van der Waals surface area contributed by atoms with Gasteiger partial charge in [0.25, 0.3) is 0 Å². The Morgan fingerprint density at radius 1 is 0.640 bits per heavy atom. The van der Waals surface area contributed by atoms with E-state index in [2.05, 4.69) is 0 Å². The highest BCUT2D eigenvalue weighted by molar-refractivity contribution is 7.91. The number of hydrogen-bond acceptors (Lipinski definition) is 8. The van der Waals surface area contributed by atoms with Gasteiger partial charge in [0, 0.05) is 0 Å². The van der Waals surface area contributed by atoms with Gasteiger partial charge in [-0.2, -0.15) is 8.61 Å². The highest BCUT2D eigenvalue weighted by Crippen LogP contribution is 2.14. The standard InChI is InChI=1S/C7H14N2O6S2.C5H10O2S/c10-16(11)3-1-14-6-8(16)5-9-7-15-2-4-17(9,12)13;6-8(7)4-2-1-3-5-8/h1-7H2;1-5H2. The van der Waals surface area contributed by atoms with Gasteiger partial charge in [-0.15, -0.1) is 0 Å². The molecule has 0 aromatic rings. The Morgan fingerprint density at radius 2 is 1.08 bits per heavy atom. The van der Waals surface area contributed by atoms with Gasteiger partial charge in [-0.1, -0.05) is 6.42 Å². The van der Waals surface area contributed by atoms with Crippen molar-refractivity contribution in [3.63, 3.8) is 0 Å². The lowest BCUT2D eigenvalue weighted by atomic mass is 10.3. The molecule has 0 radical (unpaired) electrons. The minimum atomic E-state index is -3.43. The minimum Gasteiger partial charge on any atom is -0.364 e. The summed E-state index contributed by atoms with van der Waals surface area (Å²) in [6, 6.07) is 0. The molecule has 3 heterocycles. The SMILES string of the molecule is O=S1(=O)CCCCC1.O=S1(=O)CCOCN1CN1COCCS1(=O)=O. The van der Waals surface area contributed by atoms with Crippen molar-refractivity contribution < 1.29 is 34.7 Å². The number of ether oxygens (including phenoxy) is 2. The van der Waals surface area contributed by atoms with Crippen LogP contribution in [0.2, 0.25) is 0 Å². The third-order valence-electron chi connectivity index (χ3n) is 3.95. The molecule has 148 valence electrons. The maximum atomic E-state index is 11.7. The number of rotatable bonds is 2. The zero-order chi connectivity index (χ0) is 18.6. The van der Waals surface area contributed by atoms with Crippen LogP contribution in [0.25, 0.3) is 0 Å². The molecule has 0 aliphatic carbocycles. The molecular formula is C12H24N2O8S3. The summed E-state index contributed by atoms with van der Waals surface area (Å²) in [5.41, 5.74) is 0. The first-order valence-corrected chi connectivity index (χ1v) is 13.0. The van der Waals surface area contributed by atoms with Gasteiger partial charge in [0.15, 0.2) is 0 Å². The summed E-state index contributed by atoms with van der Waals surface area (Å²) in [5, 5.41) is 0. The zero-order valence-electron chi connectivity index (χ0n) is 13.9. The van der Waals surface area contributed by atoms with E-state index in [0.29, 0.717) is 11.5 Å². The molecule has 0 saturated carbocycles. The van der Waals surface area contributed by atoms with Crippen LogP contribution in [-0.4, -0.2) is 90.2 Å². The molecule has 0 unspecified atom stereocenters. The van der Waals surface area contributed by atoms with Gasteiger partial charge in [0.2, 0.25) is 20.0 Å². The van der Waals surface area contributed by atoms with Gasteiger partial charge in [-0.25, -0.2) is 25.3 Å². The molecule has 3 aliphatic heterocycles. The van der Waals surface area contributed by atoms with Gasteiger partial charge < -0.3 is 9.47 Å². The first kappa shape index (κ1) is 21.0. The average molecular weight is 421 g/mol. The second-order valence-electron chi connectivity index (χ2n) is 5.96. The quantitative estimate of drug-likeness (QED) is 0.543. The van der Waals surface area contributed by atoms with Crippen molar-refractivity contribution in [2.45, 2.75) is 19.3 Å². The molecule has 10 nitrogen and oxygen atoms in total. The minimum absolute atomic E-state index is 0.117. The predicted molar refractivity (Wildman–Crippen MR) is 90.3 cm³/mol. The van der Waals surface area contributed by atoms with Gasteiger partial charge in [-0.05, 0) is 12.8 Å². The Bertz CT molecular complexity index is 691. The van der Waals surface area contributed by atoms with Crippen molar-refractivity contribution in [3.05, 3.63) is 0 Å². The van der Waals surface area contributed by atoms with E-state index in [-0.39, 0.29) is 44.8 Å². The van der Waals surface area contributed by atoms with E-state index >= 15 is 0 Å². The number of hydrogen-bond donors (Lipinski definition) is 0. The maximum Gasteiger partial charge on any atom is 0.219 e. The molecule has 13 heteroatoms. The van der Waals surface area contributed by atoms with Gasteiger partial charge in [-0.3, -0.25) is 0 Å². The van der Waals surface area contributed by atoms with Crippen LogP contribution in [0.3, 0.4) is 0 Å². The fraction of sp³-hybridized carbons (Fsp3) is 1.00. The smallest absolute Gasteiger partial charge is 0.219 e. The Morgan fingerprint density at radius 3 is 1.40 bits per heavy atom. The van der Waals surface area contributed by atoms with Crippen LogP contribution in [0.1, 0.15) is 19.3 Å². The van der Waals surface area contributed by atoms with Crippen LogP contribution >= 0.6 is 0 Å². The normalized spacial score (nSPS) is 29.3. The first-order chi connectivity index (χ1) is 11.6. The Labute approximate surface area is 149 Å². The Kier molecular flexibility index (Phi) is 7.21. The summed E-state index contributed by atoms with van der Waals surface area (Å²) in [6.07, 6.45) is 2.85. The van der Waals surface area contributed by atoms with E-state index in [4.69, 9.17) is 9.47 Å². The van der Waals surface area contributed by atoms with Crippen LogP contribution in [0.4, 0.5) is 0 Å². The van der Waals surface area contributed by atoms with Crippen LogP contribution in [0.5, 0.6) is 0 Å². The van der Waals surface area contributed by atoms with Crippen molar-refractivity contribution in [1.82, 2.24) is 8.61 Å². The second-order valence-corrected chi connectivity index (χ2v) is 12.4. The summed E-state index contributed by atoms with van der Waals surface area (Å²) >= 11 is 0. The molecule has 3 fully saturated rings. The molecule has 3 aliphatic rings. The van der Waals surface area contributed by atoms with E-state index in [9.17, 15) is 25.3 Å². The van der Waals surface area contributed by atoms with Crippen LogP contribution in [-0.2, 0) is 39.4 Å². The van der Waals surface area contributed by atoms with E-state index in [0.717, 1.165) is 27.9 Å². The van der Waals surface area contributed by atoms with Crippen LogP contribution < -0.4 is 0 Å². The molecule has 0 aromatic carbocycles. The molecule has 0 spiro atoms. The van der Waals surface area contributed by atoms with E-state index in [1.54, 1.807) is 0 Å². The third-order valence-corrected chi connectivity index (χ3v) is 9.16. The molecule has 0 N–H and O–H groups in total. The van der Waals surface area contributed by atoms with Gasteiger partial charge in [0.1, 0.15) is 23.3 Å². The fourth-order valence-electron chi connectivity index (χ4n) is 2.44. The topological polar surface area (TPSA) is 127 Å². The number of nitrogens with zero attached hydrogens (tertiary/aromatic N) is 2. The van der Waals surface area contributed by atoms with Crippen molar-refractivity contribution in [2.24, 2.45) is 0 Å². The third kappa shape index (κ3) is 6.41. The van der Waals surface area contributed by atoms with E-state index in [1.807, 2.05) is 0 Å². The Balaban J connectivity index is 0.000000236. The highest BCUT2D eigenvalue weighted by Gasteiger charge is 2.33. The van der Waals surface area contributed by atoms with Crippen molar-refractivity contribution in [2.75, 3.05) is 56.4 Å². The Hall–Kier alpha value is -0.310. The summed E-state index contributed by atoms with van der Waals surface area (Å²) in [5.74, 6) is 0.601. The lowest BCUT2D eigenvalue weighted by Gasteiger charge is -2.33. The van der Waals surface area contributed by atoms with Crippen molar-refractivity contribution >= 4 is 29.9 Å². The summed E-state index contributed by atoms with van der Waals surface area (Å²) in [4.78, 5) is 0. The van der Waals surface area contributed by atoms with Gasteiger partial charge in [0.05, 0.1) is 42.9 Å². The zero-order valence-corrected chi connectivity index (χ0v) is 16.3. The summed E-state index contributed by atoms with van der Waals surface area (Å²) in [7, 11) is -9.44. The van der Waals surface area contributed by atoms with E-state index < -0.39 is 29.9 Å². The highest BCUT2D eigenvalue weighted by atomic mass is 32.2. The molecule has 0 bridgehead atoms. The van der Waals surface area contributed by atoms with Crippen molar-refractivity contribution in [3.8, 4) is 0 Å². The molecule has 25 heavy (non-hydrogen) atoms. The molecule has 0 aromatic heterocycles. The van der Waals surface area contributed by atoms with Crippen LogP contribution in [0, 0.1) is 0 Å². The lowest BCUT2D eigenvalue weighted by molar-refractivity contribution is 0.0159. The predicted octanol–water partition coefficient (Wildman–Crippen LogP) is -1.23. The molecule has 3 saturated heterocycles.